The van der Waals surface area contributed by atoms with Gasteiger partial charge in [0.1, 0.15) is 11.5 Å². The smallest absolute Gasteiger partial charge is 0.264 e. The zero-order chi connectivity index (χ0) is 12.2. The first-order valence-electron chi connectivity index (χ1n) is 4.51. The number of ether oxygens (including phenoxy) is 2. The fourth-order valence-corrected chi connectivity index (χ4v) is 1.51. The zero-order valence-electron chi connectivity index (χ0n) is 9.39. The van der Waals surface area contributed by atoms with Crippen molar-refractivity contribution in [1.29, 1.82) is 0 Å². The van der Waals surface area contributed by atoms with E-state index >= 15 is 0 Å². The van der Waals surface area contributed by atoms with Crippen LogP contribution in [-0.2, 0) is 20.9 Å². The molecule has 0 saturated carbocycles. The maximum absolute atomic E-state index is 10.9. The highest BCUT2D eigenvalue weighted by Crippen LogP contribution is 2.24. The van der Waals surface area contributed by atoms with E-state index in [9.17, 15) is 8.42 Å². The molecule has 1 aromatic carbocycles. The second kappa shape index (κ2) is 5.18. The molecule has 0 spiro atoms. The van der Waals surface area contributed by atoms with Gasteiger partial charge in [0.2, 0.25) is 0 Å². The van der Waals surface area contributed by atoms with Gasteiger partial charge in [0.25, 0.3) is 10.1 Å². The van der Waals surface area contributed by atoms with Gasteiger partial charge in [-0.05, 0) is 18.2 Å². The maximum atomic E-state index is 10.9. The van der Waals surface area contributed by atoms with Gasteiger partial charge in [-0.15, -0.1) is 0 Å². The Kier molecular flexibility index (Phi) is 4.14. The second-order valence-electron chi connectivity index (χ2n) is 3.14. The molecule has 1 aromatic rings. The number of rotatable bonds is 5. The van der Waals surface area contributed by atoms with Gasteiger partial charge in [-0.2, -0.15) is 8.42 Å². The maximum Gasteiger partial charge on any atom is 0.264 e. The van der Waals surface area contributed by atoms with Crippen LogP contribution in [-0.4, -0.2) is 28.9 Å². The molecule has 0 radical (unpaired) electrons. The van der Waals surface area contributed by atoms with Gasteiger partial charge >= 0.3 is 0 Å². The first-order chi connectivity index (χ1) is 7.46. The van der Waals surface area contributed by atoms with Crippen molar-refractivity contribution >= 4 is 10.1 Å². The second-order valence-corrected chi connectivity index (χ2v) is 4.79. The van der Waals surface area contributed by atoms with Crippen molar-refractivity contribution < 1.29 is 22.1 Å². The largest absolute Gasteiger partial charge is 0.497 e. The monoisotopic (exact) mass is 246 g/mol. The van der Waals surface area contributed by atoms with Crippen molar-refractivity contribution in [2.75, 3.05) is 20.5 Å². The summed E-state index contributed by atoms with van der Waals surface area (Å²) >= 11 is 0. The first-order valence-corrected chi connectivity index (χ1v) is 6.33. The SMILES string of the molecule is COc1ccc(OC)c(COS(C)(=O)=O)c1. The Morgan fingerprint density at radius 2 is 1.88 bits per heavy atom. The summed E-state index contributed by atoms with van der Waals surface area (Å²) in [7, 11) is -0.427. The molecule has 0 saturated heterocycles. The molecule has 90 valence electrons. The van der Waals surface area contributed by atoms with Crippen molar-refractivity contribution in [3.05, 3.63) is 23.8 Å². The first kappa shape index (κ1) is 12.8. The highest BCUT2D eigenvalue weighted by Gasteiger charge is 2.08. The van der Waals surface area contributed by atoms with Crippen LogP contribution >= 0.6 is 0 Å². The van der Waals surface area contributed by atoms with Gasteiger partial charge in [-0.25, -0.2) is 0 Å². The Labute approximate surface area is 95.1 Å². The molecule has 0 bridgehead atoms. The summed E-state index contributed by atoms with van der Waals surface area (Å²) < 4.78 is 36.5. The van der Waals surface area contributed by atoms with Crippen LogP contribution < -0.4 is 9.47 Å². The third-order valence-electron chi connectivity index (χ3n) is 1.92. The fraction of sp³-hybridized carbons (Fsp3) is 0.400. The van der Waals surface area contributed by atoms with Gasteiger partial charge in [0.05, 0.1) is 27.1 Å². The van der Waals surface area contributed by atoms with Crippen LogP contribution in [0.25, 0.3) is 0 Å². The van der Waals surface area contributed by atoms with E-state index in [0.29, 0.717) is 17.1 Å². The Morgan fingerprint density at radius 3 is 2.38 bits per heavy atom. The third-order valence-corrected chi connectivity index (χ3v) is 2.46. The molecule has 1 rings (SSSR count). The predicted molar refractivity (Wildman–Crippen MR) is 59.2 cm³/mol. The van der Waals surface area contributed by atoms with Crippen LogP contribution in [0.5, 0.6) is 11.5 Å². The lowest BCUT2D eigenvalue weighted by atomic mass is 10.2. The molecule has 0 aromatic heterocycles. The molecule has 0 heterocycles. The lowest BCUT2D eigenvalue weighted by molar-refractivity contribution is 0.301. The van der Waals surface area contributed by atoms with E-state index in [1.54, 1.807) is 18.2 Å². The van der Waals surface area contributed by atoms with Crippen molar-refractivity contribution in [3.8, 4) is 11.5 Å². The Morgan fingerprint density at radius 1 is 1.19 bits per heavy atom. The van der Waals surface area contributed by atoms with Gasteiger partial charge < -0.3 is 9.47 Å². The summed E-state index contributed by atoms with van der Waals surface area (Å²) in [5, 5.41) is 0. The van der Waals surface area contributed by atoms with E-state index in [1.165, 1.54) is 14.2 Å². The molecular weight excluding hydrogens is 232 g/mol. The third kappa shape index (κ3) is 3.71. The fourth-order valence-electron chi connectivity index (χ4n) is 1.17. The molecule has 6 heteroatoms. The van der Waals surface area contributed by atoms with E-state index in [0.717, 1.165) is 6.26 Å². The predicted octanol–water partition coefficient (Wildman–Crippen LogP) is 1.18. The average Bonchev–Trinajstić information content (AvgIpc) is 2.25. The van der Waals surface area contributed by atoms with Crippen LogP contribution in [0, 0.1) is 0 Å². The Hall–Kier alpha value is -1.27. The van der Waals surface area contributed by atoms with Crippen LogP contribution in [0.3, 0.4) is 0 Å². The van der Waals surface area contributed by atoms with E-state index in [4.69, 9.17) is 13.7 Å². The Balaban J connectivity index is 2.91. The minimum absolute atomic E-state index is 0.0702. The molecule has 0 N–H and O–H groups in total. The van der Waals surface area contributed by atoms with E-state index < -0.39 is 10.1 Å². The molecule has 0 aliphatic heterocycles. The summed E-state index contributed by atoms with van der Waals surface area (Å²) in [6.45, 7) is -0.0702. The minimum atomic E-state index is -3.46. The lowest BCUT2D eigenvalue weighted by Crippen LogP contribution is -2.04. The van der Waals surface area contributed by atoms with Crippen LogP contribution in [0.15, 0.2) is 18.2 Å². The Bertz CT molecular complexity index is 452. The highest BCUT2D eigenvalue weighted by atomic mass is 32.2. The highest BCUT2D eigenvalue weighted by molar-refractivity contribution is 7.85. The van der Waals surface area contributed by atoms with Crippen molar-refractivity contribution in [2.45, 2.75) is 6.61 Å². The number of hydrogen-bond donors (Lipinski definition) is 0. The molecule has 5 nitrogen and oxygen atoms in total. The molecule has 0 unspecified atom stereocenters. The summed E-state index contributed by atoms with van der Waals surface area (Å²) in [6, 6.07) is 5.09. The van der Waals surface area contributed by atoms with Crippen molar-refractivity contribution in [2.24, 2.45) is 0 Å². The van der Waals surface area contributed by atoms with Crippen molar-refractivity contribution in [3.63, 3.8) is 0 Å². The lowest BCUT2D eigenvalue weighted by Gasteiger charge is -2.09. The van der Waals surface area contributed by atoms with E-state index in [2.05, 4.69) is 0 Å². The summed E-state index contributed by atoms with van der Waals surface area (Å²) in [4.78, 5) is 0. The van der Waals surface area contributed by atoms with Gasteiger partial charge in [0, 0.05) is 5.56 Å². The van der Waals surface area contributed by atoms with Gasteiger partial charge in [-0.3, -0.25) is 4.18 Å². The molecule has 0 aliphatic carbocycles. The quantitative estimate of drug-likeness (QED) is 0.730. The summed E-state index contributed by atoms with van der Waals surface area (Å²) in [6.07, 6.45) is 1.000. The summed E-state index contributed by atoms with van der Waals surface area (Å²) in [5.74, 6) is 1.18. The molecular formula is C10H14O5S. The molecule has 0 aliphatic rings. The normalized spacial score (nSPS) is 11.2. The van der Waals surface area contributed by atoms with Gasteiger partial charge in [-0.1, -0.05) is 0 Å². The average molecular weight is 246 g/mol. The van der Waals surface area contributed by atoms with E-state index in [-0.39, 0.29) is 6.61 Å². The molecule has 16 heavy (non-hydrogen) atoms. The van der Waals surface area contributed by atoms with E-state index in [1.807, 2.05) is 0 Å². The molecule has 0 amide bonds. The van der Waals surface area contributed by atoms with Gasteiger partial charge in [0.15, 0.2) is 0 Å². The van der Waals surface area contributed by atoms with Crippen LogP contribution in [0.2, 0.25) is 0 Å². The molecule has 0 atom stereocenters. The van der Waals surface area contributed by atoms with Crippen LogP contribution in [0.1, 0.15) is 5.56 Å². The number of benzene rings is 1. The number of hydrogen-bond acceptors (Lipinski definition) is 5. The minimum Gasteiger partial charge on any atom is -0.497 e. The van der Waals surface area contributed by atoms with Crippen LogP contribution in [0.4, 0.5) is 0 Å². The standard InChI is InChI=1S/C10H14O5S/c1-13-9-4-5-10(14-2)8(6-9)7-15-16(3,11)12/h4-6H,7H2,1-3H3. The summed E-state index contributed by atoms with van der Waals surface area (Å²) in [5.41, 5.74) is 0.618. The van der Waals surface area contributed by atoms with Crippen molar-refractivity contribution in [1.82, 2.24) is 0 Å². The molecule has 0 fully saturated rings. The topological polar surface area (TPSA) is 61.8 Å². The number of methoxy groups -OCH3 is 2. The zero-order valence-corrected chi connectivity index (χ0v) is 10.2.